The minimum Gasteiger partial charge on any atom is -0.309 e. The van der Waals surface area contributed by atoms with Crippen LogP contribution in [0, 0.1) is 11.8 Å². The molecule has 0 aliphatic heterocycles. The second-order valence-electron chi connectivity index (χ2n) is 18.8. The van der Waals surface area contributed by atoms with E-state index in [1.165, 1.54) is 97.4 Å². The molecule has 0 saturated heterocycles. The third kappa shape index (κ3) is 6.59. The molecule has 2 heterocycles. The Morgan fingerprint density at radius 1 is 0.423 bits per heavy atom. The van der Waals surface area contributed by atoms with Crippen LogP contribution >= 0.6 is 0 Å². The number of hydrogen-bond donors (Lipinski definition) is 0. The number of benzene rings is 5. The molecule has 0 aliphatic rings. The highest BCUT2D eigenvalue weighted by atomic mass is 15.0. The Balaban J connectivity index is 1.46. The van der Waals surface area contributed by atoms with Crippen molar-refractivity contribution in [3.8, 4) is 11.4 Å². The number of para-hydroxylation sites is 2. The fourth-order valence-electron chi connectivity index (χ4n) is 8.22. The van der Waals surface area contributed by atoms with E-state index in [1.807, 2.05) is 0 Å². The van der Waals surface area contributed by atoms with Crippen molar-refractivity contribution in [2.75, 3.05) is 0 Å². The summed E-state index contributed by atoms with van der Waals surface area (Å²) in [5.74, 6) is 1.40. The van der Waals surface area contributed by atoms with Crippen LogP contribution in [0.4, 0.5) is 0 Å². The third-order valence-electron chi connectivity index (χ3n) is 11.9. The van der Waals surface area contributed by atoms with Gasteiger partial charge in [0, 0.05) is 32.9 Å². The molecular formula is C50H60N2. The summed E-state index contributed by atoms with van der Waals surface area (Å²) in [5.41, 5.74) is 11.8. The summed E-state index contributed by atoms with van der Waals surface area (Å²) in [4.78, 5) is 0. The molecule has 0 N–H and O–H groups in total. The van der Waals surface area contributed by atoms with E-state index in [9.17, 15) is 0 Å². The zero-order valence-electron chi connectivity index (χ0n) is 33.7. The Hall–Kier alpha value is -4.30. The maximum absolute atomic E-state index is 2.51. The van der Waals surface area contributed by atoms with Gasteiger partial charge in [-0.2, -0.15) is 0 Å². The van der Waals surface area contributed by atoms with E-state index in [4.69, 9.17) is 0 Å². The fourth-order valence-corrected chi connectivity index (χ4v) is 8.22. The van der Waals surface area contributed by atoms with Crippen molar-refractivity contribution in [2.24, 2.45) is 11.8 Å². The highest BCUT2D eigenvalue weighted by Gasteiger charge is 2.26. The van der Waals surface area contributed by atoms with E-state index < -0.39 is 0 Å². The van der Waals surface area contributed by atoms with Gasteiger partial charge in [0.15, 0.2) is 0 Å². The maximum Gasteiger partial charge on any atom is 0.0541 e. The lowest BCUT2D eigenvalue weighted by atomic mass is 9.78. The number of aromatic nitrogens is 2. The quantitative estimate of drug-likeness (QED) is 0.135. The van der Waals surface area contributed by atoms with E-state index in [-0.39, 0.29) is 16.2 Å². The molecule has 2 nitrogen and oxygen atoms in total. The molecule has 5 aromatic carbocycles. The summed E-state index contributed by atoms with van der Waals surface area (Å²) >= 11 is 0. The third-order valence-corrected chi connectivity index (χ3v) is 11.9. The molecule has 52 heavy (non-hydrogen) atoms. The minimum absolute atomic E-state index is 0.0382. The smallest absolute Gasteiger partial charge is 0.0541 e. The predicted octanol–water partition coefficient (Wildman–Crippen LogP) is 14.6. The van der Waals surface area contributed by atoms with Crippen LogP contribution in [0.15, 0.2) is 103 Å². The van der Waals surface area contributed by atoms with E-state index in [0.29, 0.717) is 11.8 Å². The van der Waals surface area contributed by atoms with Gasteiger partial charge in [-0.3, -0.25) is 0 Å². The average molecular weight is 689 g/mol. The first-order chi connectivity index (χ1) is 24.5. The SMILES string of the molecule is CC(C)CCC(C)(C)c1ccc2c(c1)c1ccccc1n2-c1cc(-n2c3ccccc3c3cc(C(C)(C)CCC(C)C)ccc32)cc(C(C)(C)C)c1. The van der Waals surface area contributed by atoms with Crippen molar-refractivity contribution in [1.29, 1.82) is 0 Å². The van der Waals surface area contributed by atoms with Gasteiger partial charge in [0.25, 0.3) is 0 Å². The van der Waals surface area contributed by atoms with Gasteiger partial charge in [-0.05, 0) is 112 Å². The van der Waals surface area contributed by atoms with Gasteiger partial charge < -0.3 is 9.13 Å². The van der Waals surface area contributed by atoms with Crippen molar-refractivity contribution in [3.63, 3.8) is 0 Å². The molecule has 0 saturated carbocycles. The van der Waals surface area contributed by atoms with E-state index in [0.717, 1.165) is 0 Å². The number of hydrogen-bond acceptors (Lipinski definition) is 0. The second kappa shape index (κ2) is 13.3. The lowest BCUT2D eigenvalue weighted by molar-refractivity contribution is 0.415. The van der Waals surface area contributed by atoms with E-state index in [1.54, 1.807) is 0 Å². The molecule has 2 aromatic heterocycles. The van der Waals surface area contributed by atoms with Gasteiger partial charge in [0.1, 0.15) is 0 Å². The molecule has 0 aliphatic carbocycles. The highest BCUT2D eigenvalue weighted by Crippen LogP contribution is 2.41. The monoisotopic (exact) mass is 688 g/mol. The van der Waals surface area contributed by atoms with Gasteiger partial charge >= 0.3 is 0 Å². The molecule has 7 rings (SSSR count). The Morgan fingerprint density at radius 2 is 0.808 bits per heavy atom. The van der Waals surface area contributed by atoms with Gasteiger partial charge in [-0.1, -0.05) is 138 Å². The molecule has 0 radical (unpaired) electrons. The molecule has 0 unspecified atom stereocenters. The number of rotatable bonds is 10. The van der Waals surface area contributed by atoms with Crippen LogP contribution in [0.25, 0.3) is 55.0 Å². The van der Waals surface area contributed by atoms with Crippen molar-refractivity contribution in [1.82, 2.24) is 9.13 Å². The van der Waals surface area contributed by atoms with Crippen LogP contribution in [-0.2, 0) is 16.2 Å². The van der Waals surface area contributed by atoms with E-state index in [2.05, 4.69) is 188 Å². The molecule has 0 spiro atoms. The van der Waals surface area contributed by atoms with Crippen LogP contribution in [0.3, 0.4) is 0 Å². The molecule has 0 fully saturated rings. The molecule has 0 amide bonds. The molecule has 0 atom stereocenters. The zero-order valence-corrected chi connectivity index (χ0v) is 33.7. The fraction of sp³-hybridized carbons (Fsp3) is 0.400. The topological polar surface area (TPSA) is 9.86 Å². The standard InChI is InChI=1S/C50H60N2/c1-33(2)24-26-49(8,9)35-20-22-46-42(30-35)40-16-12-14-18-44(40)51(46)38-28-37(48(5,6)7)29-39(32-38)52-45-19-15-13-17-41(45)43-31-36(21-23-47(43)52)50(10,11)27-25-34(3)4/h12-23,28-34H,24-27H2,1-11H3. The summed E-state index contributed by atoms with van der Waals surface area (Å²) in [6, 6.07) is 39.8. The first kappa shape index (κ1) is 36.1. The first-order valence-electron chi connectivity index (χ1n) is 19.8. The molecule has 270 valence electrons. The van der Waals surface area contributed by atoms with Gasteiger partial charge in [0.2, 0.25) is 0 Å². The predicted molar refractivity (Wildman–Crippen MR) is 228 cm³/mol. The van der Waals surface area contributed by atoms with Crippen LogP contribution in [-0.4, -0.2) is 9.13 Å². The zero-order chi connectivity index (χ0) is 37.2. The number of fused-ring (bicyclic) bond motifs is 6. The Morgan fingerprint density at radius 3 is 1.19 bits per heavy atom. The molecular weight excluding hydrogens is 629 g/mol. The summed E-state index contributed by atoms with van der Waals surface area (Å²) < 4.78 is 5.02. The Bertz CT molecular complexity index is 2240. The number of nitrogens with zero attached hydrogens (tertiary/aromatic N) is 2. The summed E-state index contributed by atoms with van der Waals surface area (Å²) in [6.45, 7) is 26.0. The summed E-state index contributed by atoms with van der Waals surface area (Å²) in [6.07, 6.45) is 4.83. The van der Waals surface area contributed by atoms with Crippen molar-refractivity contribution in [3.05, 3.63) is 120 Å². The van der Waals surface area contributed by atoms with E-state index >= 15 is 0 Å². The second-order valence-corrected chi connectivity index (χ2v) is 18.8. The highest BCUT2D eigenvalue weighted by molar-refractivity contribution is 6.11. The van der Waals surface area contributed by atoms with Crippen LogP contribution in [0.1, 0.15) is 119 Å². The Labute approximate surface area is 312 Å². The lowest BCUT2D eigenvalue weighted by Crippen LogP contribution is -2.18. The summed E-state index contributed by atoms with van der Waals surface area (Å²) in [7, 11) is 0. The largest absolute Gasteiger partial charge is 0.309 e. The first-order valence-corrected chi connectivity index (χ1v) is 19.8. The molecule has 7 aromatic rings. The van der Waals surface area contributed by atoms with Gasteiger partial charge in [0.05, 0.1) is 22.1 Å². The Kier molecular flexibility index (Phi) is 9.21. The van der Waals surface area contributed by atoms with Crippen LogP contribution < -0.4 is 0 Å². The van der Waals surface area contributed by atoms with Gasteiger partial charge in [-0.25, -0.2) is 0 Å². The van der Waals surface area contributed by atoms with Gasteiger partial charge in [-0.15, -0.1) is 0 Å². The minimum atomic E-state index is -0.0382. The van der Waals surface area contributed by atoms with Crippen molar-refractivity contribution >= 4 is 43.6 Å². The van der Waals surface area contributed by atoms with Crippen molar-refractivity contribution < 1.29 is 0 Å². The average Bonchev–Trinajstić information content (AvgIpc) is 3.62. The maximum atomic E-state index is 2.51. The van der Waals surface area contributed by atoms with Crippen molar-refractivity contribution in [2.45, 2.75) is 118 Å². The summed E-state index contributed by atoms with van der Waals surface area (Å²) in [5, 5.41) is 5.29. The molecule has 0 bridgehead atoms. The van der Waals surface area contributed by atoms with Crippen LogP contribution in [0.5, 0.6) is 0 Å². The lowest BCUT2D eigenvalue weighted by Gasteiger charge is -2.27. The normalized spacial score (nSPS) is 13.2. The molecule has 2 heteroatoms. The van der Waals surface area contributed by atoms with Crippen LogP contribution in [0.2, 0.25) is 0 Å².